The Balaban J connectivity index is 2.50. The molecule has 0 radical (unpaired) electrons. The summed E-state index contributed by atoms with van der Waals surface area (Å²) >= 11 is 0. The zero-order valence-electron chi connectivity index (χ0n) is 61.1. The van der Waals surface area contributed by atoms with E-state index in [1.807, 2.05) is 6.08 Å². The lowest BCUT2D eigenvalue weighted by Gasteiger charge is -2.41. The fraction of sp³-hybridized carbons (Fsp3) is 0.878. The van der Waals surface area contributed by atoms with Gasteiger partial charge in [-0.1, -0.05) is 378 Å². The van der Waals surface area contributed by atoms with Gasteiger partial charge in [0.1, 0.15) is 24.4 Å². The largest absolute Gasteiger partial charge is 0.454 e. The summed E-state index contributed by atoms with van der Waals surface area (Å²) in [6.45, 7) is 5.84. The maximum absolute atomic E-state index is 13.5. The van der Waals surface area contributed by atoms with Crippen molar-refractivity contribution >= 4 is 11.9 Å². The molecular formula is C82H153NO10. The molecule has 1 heterocycles. The zero-order valence-corrected chi connectivity index (χ0v) is 61.1. The molecule has 11 heteroatoms. The minimum Gasteiger partial charge on any atom is -0.454 e. The van der Waals surface area contributed by atoms with Gasteiger partial charge in [0.25, 0.3) is 0 Å². The summed E-state index contributed by atoms with van der Waals surface area (Å²) in [7, 11) is 0. The first-order valence-electron chi connectivity index (χ1n) is 40.4. The fourth-order valence-corrected chi connectivity index (χ4v) is 12.9. The number of ether oxygens (including phenoxy) is 3. The summed E-state index contributed by atoms with van der Waals surface area (Å²) in [5, 5.41) is 57.5. The molecule has 546 valence electrons. The second-order valence-electron chi connectivity index (χ2n) is 28.2. The number of nitrogens with one attached hydrogen (secondary N) is 1. The zero-order chi connectivity index (χ0) is 67.4. The van der Waals surface area contributed by atoms with Crippen molar-refractivity contribution in [2.45, 2.75) is 449 Å². The second-order valence-corrected chi connectivity index (χ2v) is 28.2. The van der Waals surface area contributed by atoms with Crippen LogP contribution in [0.2, 0.25) is 0 Å². The van der Waals surface area contributed by atoms with E-state index in [1.165, 1.54) is 283 Å². The number of hydrogen-bond acceptors (Lipinski definition) is 10. The van der Waals surface area contributed by atoms with Crippen LogP contribution in [0.25, 0.3) is 0 Å². The first kappa shape index (κ1) is 88.6. The molecule has 0 saturated carbocycles. The number of hydrogen-bond donors (Lipinski definition) is 6. The third-order valence-corrected chi connectivity index (χ3v) is 19.2. The predicted molar refractivity (Wildman–Crippen MR) is 394 cm³/mol. The minimum absolute atomic E-state index is 0.129. The van der Waals surface area contributed by atoms with Gasteiger partial charge in [-0.2, -0.15) is 0 Å². The van der Waals surface area contributed by atoms with Crippen molar-refractivity contribution in [3.8, 4) is 0 Å². The molecule has 6 N–H and O–H groups in total. The number of esters is 1. The molecule has 0 aromatic rings. The lowest BCUT2D eigenvalue weighted by Crippen LogP contribution is -2.61. The molecule has 1 fully saturated rings. The van der Waals surface area contributed by atoms with Gasteiger partial charge in [0.15, 0.2) is 12.4 Å². The number of carbonyl (C=O) groups excluding carboxylic acids is 2. The number of carbonyl (C=O) groups is 2. The van der Waals surface area contributed by atoms with Crippen LogP contribution in [0.4, 0.5) is 0 Å². The molecule has 11 nitrogen and oxygen atoms in total. The highest BCUT2D eigenvalue weighted by Gasteiger charge is 2.47. The van der Waals surface area contributed by atoms with Crippen molar-refractivity contribution in [1.29, 1.82) is 0 Å². The molecule has 1 aliphatic rings. The van der Waals surface area contributed by atoms with E-state index in [0.717, 1.165) is 70.6 Å². The third kappa shape index (κ3) is 56.2. The van der Waals surface area contributed by atoms with Gasteiger partial charge in [-0.3, -0.25) is 9.59 Å². The van der Waals surface area contributed by atoms with Crippen LogP contribution in [0.1, 0.15) is 400 Å². The number of unbranched alkanes of at least 4 members (excludes halogenated alkanes) is 51. The van der Waals surface area contributed by atoms with Gasteiger partial charge in [0.2, 0.25) is 5.91 Å². The van der Waals surface area contributed by atoms with E-state index in [1.54, 1.807) is 6.08 Å². The van der Waals surface area contributed by atoms with Gasteiger partial charge in [0.05, 0.1) is 25.4 Å². The third-order valence-electron chi connectivity index (χ3n) is 19.2. The maximum atomic E-state index is 13.5. The molecule has 8 unspecified atom stereocenters. The smallest absolute Gasteiger partial charge is 0.306 e. The molecule has 1 amide bonds. The topological polar surface area (TPSA) is 175 Å². The number of aliphatic hydroxyl groups excluding tert-OH is 5. The van der Waals surface area contributed by atoms with E-state index >= 15 is 0 Å². The molecule has 0 aromatic heterocycles. The Morgan fingerprint density at radius 3 is 1.13 bits per heavy atom. The summed E-state index contributed by atoms with van der Waals surface area (Å²) in [6, 6.07) is -1.02. The minimum atomic E-state index is -1.61. The highest BCUT2D eigenvalue weighted by molar-refractivity contribution is 5.80. The summed E-state index contributed by atoms with van der Waals surface area (Å²) in [5.74, 6) is -1.17. The molecule has 1 saturated heterocycles. The standard InChI is InChI=1S/C82H153NO10/c1-4-7-10-13-16-19-22-25-27-29-31-33-35-37-39-40-42-44-46-48-51-54-57-60-63-66-69-75(86)81(90)83-73(74(85)68-65-62-59-56-53-50-24-21-18-15-12-9-6-3)72-91-82-80(79(89)78(88)76(71-84)92-82)93-77(87)70-67-64-61-58-55-52-49-47-45-43-41-38-36-34-32-30-28-26-23-20-17-14-11-8-5-2/h16,19,25,27,31,33,65,68,73-76,78-80,82,84-86,88-89H,4-15,17-18,20-24,26,28-30,32,34-64,66-67,69-72H2,1-3H3,(H,83,90)/b19-16-,27-25-,33-31-,68-65+. The van der Waals surface area contributed by atoms with Crippen LogP contribution in [0, 0.1) is 0 Å². The summed E-state index contributed by atoms with van der Waals surface area (Å²) < 4.78 is 17.8. The Kier molecular flexibility index (Phi) is 66.3. The summed E-state index contributed by atoms with van der Waals surface area (Å²) in [4.78, 5) is 26.8. The van der Waals surface area contributed by atoms with Gasteiger partial charge in [0, 0.05) is 6.42 Å². The van der Waals surface area contributed by atoms with E-state index < -0.39 is 67.4 Å². The van der Waals surface area contributed by atoms with Crippen LogP contribution in [0.5, 0.6) is 0 Å². The van der Waals surface area contributed by atoms with Crippen LogP contribution in [-0.2, 0) is 23.8 Å². The van der Waals surface area contributed by atoms with Crippen LogP contribution in [0.3, 0.4) is 0 Å². The van der Waals surface area contributed by atoms with E-state index in [0.29, 0.717) is 19.3 Å². The van der Waals surface area contributed by atoms with E-state index in [2.05, 4.69) is 62.5 Å². The average molecular weight is 1310 g/mol. The highest BCUT2D eigenvalue weighted by Crippen LogP contribution is 2.27. The Labute approximate surface area is 574 Å². The van der Waals surface area contributed by atoms with E-state index in [9.17, 15) is 35.1 Å². The Morgan fingerprint density at radius 2 is 0.742 bits per heavy atom. The van der Waals surface area contributed by atoms with Gasteiger partial charge >= 0.3 is 5.97 Å². The van der Waals surface area contributed by atoms with E-state index in [-0.39, 0.29) is 13.0 Å². The van der Waals surface area contributed by atoms with E-state index in [4.69, 9.17) is 14.2 Å². The molecule has 0 aliphatic carbocycles. The molecule has 0 spiro atoms. The van der Waals surface area contributed by atoms with Crippen LogP contribution < -0.4 is 5.32 Å². The molecule has 93 heavy (non-hydrogen) atoms. The Hall–Kier alpha value is -2.38. The van der Waals surface area contributed by atoms with Crippen molar-refractivity contribution < 1.29 is 49.3 Å². The van der Waals surface area contributed by atoms with Gasteiger partial charge < -0.3 is 45.1 Å². The van der Waals surface area contributed by atoms with Gasteiger partial charge in [-0.15, -0.1) is 0 Å². The summed E-state index contributed by atoms with van der Waals surface area (Å²) in [6.07, 6.45) is 78.8. The number of amides is 1. The number of rotatable bonds is 71. The SMILES string of the molecule is CCCCC/C=C\C/C=C\C/C=C\CCCCCCCCCCCCCCCC(O)C(=O)NC(COC1OC(CO)C(O)C(O)C1OC(=O)CCCCCCCCCCCCCCCCCCCCCCCCCCC)C(O)/C=C/CCCCCCCCCCCCC. The number of allylic oxidation sites excluding steroid dienone is 7. The maximum Gasteiger partial charge on any atom is 0.306 e. The van der Waals surface area contributed by atoms with Crippen LogP contribution in [0.15, 0.2) is 48.6 Å². The first-order valence-corrected chi connectivity index (χ1v) is 40.4. The van der Waals surface area contributed by atoms with Crippen molar-refractivity contribution in [3.05, 3.63) is 48.6 Å². The van der Waals surface area contributed by atoms with Gasteiger partial charge in [-0.25, -0.2) is 0 Å². The second kappa shape index (κ2) is 69.5. The van der Waals surface area contributed by atoms with Crippen LogP contribution in [-0.4, -0.2) is 99.6 Å². The quantitative estimate of drug-likeness (QED) is 0.0195. The Morgan fingerprint density at radius 1 is 0.419 bits per heavy atom. The lowest BCUT2D eigenvalue weighted by molar-refractivity contribution is -0.305. The molecule has 0 aromatic carbocycles. The summed E-state index contributed by atoms with van der Waals surface area (Å²) in [5.41, 5.74) is 0. The predicted octanol–water partition coefficient (Wildman–Crippen LogP) is 21.9. The fourth-order valence-electron chi connectivity index (χ4n) is 12.9. The average Bonchev–Trinajstić information content (AvgIpc) is 0.910. The van der Waals surface area contributed by atoms with Crippen molar-refractivity contribution in [3.63, 3.8) is 0 Å². The highest BCUT2D eigenvalue weighted by atomic mass is 16.7. The molecule has 1 rings (SSSR count). The van der Waals surface area contributed by atoms with Crippen molar-refractivity contribution in [1.82, 2.24) is 5.32 Å². The van der Waals surface area contributed by atoms with Crippen molar-refractivity contribution in [2.75, 3.05) is 13.2 Å². The lowest BCUT2D eigenvalue weighted by atomic mass is 9.99. The number of aliphatic hydroxyl groups is 5. The van der Waals surface area contributed by atoms with Crippen molar-refractivity contribution in [2.24, 2.45) is 0 Å². The Bertz CT molecular complexity index is 1700. The molecule has 0 bridgehead atoms. The molecule has 1 aliphatic heterocycles. The first-order chi connectivity index (χ1) is 45.7. The molecular weight excluding hydrogens is 1160 g/mol. The van der Waals surface area contributed by atoms with Crippen LogP contribution >= 0.6 is 0 Å². The van der Waals surface area contributed by atoms with Gasteiger partial charge in [-0.05, 0) is 64.2 Å². The molecule has 8 atom stereocenters. The normalized spacial score (nSPS) is 18.0. The monoisotopic (exact) mass is 1310 g/mol.